The summed E-state index contributed by atoms with van der Waals surface area (Å²) < 4.78 is 8.05. The summed E-state index contributed by atoms with van der Waals surface area (Å²) in [6.07, 6.45) is 6.34. The Labute approximate surface area is 220 Å². The van der Waals surface area contributed by atoms with E-state index < -0.39 is 6.04 Å². The number of fused-ring (bicyclic) bond motifs is 3. The van der Waals surface area contributed by atoms with Crippen molar-refractivity contribution in [2.24, 2.45) is 0 Å². The van der Waals surface area contributed by atoms with Crippen LogP contribution in [0.25, 0.3) is 5.69 Å². The SMILES string of the molecule is O=C1CCC(N2Cc3cc4c(cc3C2=O)OCC42CCN(Cc3cccc(-n4cccn4)c3)CC2)C(=O)N1. The molecule has 9 nitrogen and oxygen atoms in total. The second-order valence-electron chi connectivity index (χ2n) is 10.9. The lowest BCUT2D eigenvalue weighted by Gasteiger charge is -2.38. The highest BCUT2D eigenvalue weighted by Gasteiger charge is 2.46. The van der Waals surface area contributed by atoms with E-state index in [0.29, 0.717) is 25.1 Å². The molecule has 1 aromatic heterocycles. The number of nitrogens with one attached hydrogen (secondary N) is 1. The molecule has 2 saturated heterocycles. The lowest BCUT2D eigenvalue weighted by atomic mass is 9.74. The Morgan fingerprint density at radius 3 is 2.74 bits per heavy atom. The minimum absolute atomic E-state index is 0.0527. The number of piperidine rings is 2. The van der Waals surface area contributed by atoms with Crippen LogP contribution in [0.15, 0.2) is 54.9 Å². The first kappa shape index (κ1) is 23.2. The van der Waals surface area contributed by atoms with E-state index in [1.54, 1.807) is 11.1 Å². The van der Waals surface area contributed by atoms with Crippen molar-refractivity contribution in [3.63, 3.8) is 0 Å². The third kappa shape index (κ3) is 3.80. The Kier molecular flexibility index (Phi) is 5.36. The van der Waals surface area contributed by atoms with E-state index >= 15 is 0 Å². The minimum atomic E-state index is -0.604. The fourth-order valence-corrected chi connectivity index (χ4v) is 6.45. The molecule has 0 radical (unpaired) electrons. The Morgan fingerprint density at radius 2 is 1.95 bits per heavy atom. The summed E-state index contributed by atoms with van der Waals surface area (Å²) in [7, 11) is 0. The smallest absolute Gasteiger partial charge is 0.255 e. The first-order valence-corrected chi connectivity index (χ1v) is 13.3. The molecule has 1 atom stereocenters. The van der Waals surface area contributed by atoms with Gasteiger partial charge in [-0.1, -0.05) is 12.1 Å². The molecule has 9 heteroatoms. The quantitative estimate of drug-likeness (QED) is 0.541. The van der Waals surface area contributed by atoms with Gasteiger partial charge in [0, 0.05) is 48.4 Å². The zero-order chi connectivity index (χ0) is 25.9. The summed E-state index contributed by atoms with van der Waals surface area (Å²) in [5, 5.41) is 6.71. The molecule has 1 N–H and O–H groups in total. The van der Waals surface area contributed by atoms with Crippen LogP contribution >= 0.6 is 0 Å². The van der Waals surface area contributed by atoms with Gasteiger partial charge in [-0.2, -0.15) is 5.10 Å². The fourth-order valence-electron chi connectivity index (χ4n) is 6.45. The van der Waals surface area contributed by atoms with Crippen molar-refractivity contribution in [1.82, 2.24) is 24.9 Å². The van der Waals surface area contributed by atoms with Crippen LogP contribution in [-0.2, 0) is 28.1 Å². The number of nitrogens with zero attached hydrogens (tertiary/aromatic N) is 4. The van der Waals surface area contributed by atoms with Gasteiger partial charge in [-0.15, -0.1) is 0 Å². The number of hydrogen-bond acceptors (Lipinski definition) is 6. The summed E-state index contributed by atoms with van der Waals surface area (Å²) in [5.41, 5.74) is 5.02. The number of rotatable bonds is 4. The third-order valence-corrected chi connectivity index (χ3v) is 8.60. The second-order valence-corrected chi connectivity index (χ2v) is 10.9. The molecule has 3 amide bonds. The van der Waals surface area contributed by atoms with Crippen LogP contribution < -0.4 is 10.1 Å². The molecule has 0 aliphatic carbocycles. The minimum Gasteiger partial charge on any atom is -0.492 e. The van der Waals surface area contributed by atoms with Crippen LogP contribution in [0.5, 0.6) is 5.75 Å². The fraction of sp³-hybridized carbons (Fsp3) is 0.379. The molecule has 4 aliphatic rings. The third-order valence-electron chi connectivity index (χ3n) is 8.60. The molecule has 3 aromatic rings. The highest BCUT2D eigenvalue weighted by Crippen LogP contribution is 2.48. The van der Waals surface area contributed by atoms with Gasteiger partial charge in [0.1, 0.15) is 11.8 Å². The molecular weight excluding hydrogens is 482 g/mol. The number of likely N-dealkylation sites (tertiary alicyclic amines) is 1. The maximum Gasteiger partial charge on any atom is 0.255 e. The first-order chi connectivity index (χ1) is 18.5. The summed E-state index contributed by atoms with van der Waals surface area (Å²) >= 11 is 0. The molecule has 1 unspecified atom stereocenters. The van der Waals surface area contributed by atoms with Crippen LogP contribution in [-0.4, -0.2) is 63.0 Å². The summed E-state index contributed by atoms with van der Waals surface area (Å²) in [5.74, 6) is -0.0245. The van der Waals surface area contributed by atoms with Crippen LogP contribution in [0.1, 0.15) is 52.7 Å². The summed E-state index contributed by atoms with van der Waals surface area (Å²) in [6, 6.07) is 13.9. The van der Waals surface area contributed by atoms with Gasteiger partial charge in [-0.05, 0) is 73.8 Å². The lowest BCUT2D eigenvalue weighted by Crippen LogP contribution is -2.52. The zero-order valence-electron chi connectivity index (χ0n) is 21.1. The van der Waals surface area contributed by atoms with Gasteiger partial charge < -0.3 is 9.64 Å². The van der Waals surface area contributed by atoms with Crippen molar-refractivity contribution in [2.75, 3.05) is 19.7 Å². The number of aromatic nitrogens is 2. The number of amides is 3. The van der Waals surface area contributed by atoms with Crippen LogP contribution in [0, 0.1) is 0 Å². The number of carbonyl (C=O) groups is 3. The van der Waals surface area contributed by atoms with E-state index in [1.165, 1.54) is 11.1 Å². The molecule has 0 bridgehead atoms. The molecule has 2 aromatic carbocycles. The molecule has 38 heavy (non-hydrogen) atoms. The lowest BCUT2D eigenvalue weighted by molar-refractivity contribution is -0.136. The van der Waals surface area contributed by atoms with Crippen LogP contribution in [0.2, 0.25) is 0 Å². The Morgan fingerprint density at radius 1 is 1.08 bits per heavy atom. The van der Waals surface area contributed by atoms with Crippen molar-refractivity contribution in [1.29, 1.82) is 0 Å². The second kappa shape index (κ2) is 8.80. The maximum absolute atomic E-state index is 13.2. The standard InChI is InChI=1S/C29H29N5O4/c35-26-6-5-24(27(36)31-26)33-17-20-14-23-25(15-22(20)28(33)37)38-18-29(23)7-11-32(12-8-29)16-19-3-1-4-21(13-19)34-10-2-9-30-34/h1-4,9-10,13-15,24H,5-8,11-12,16-18H2,(H,31,35,36). The van der Waals surface area contributed by atoms with E-state index in [2.05, 4.69) is 45.6 Å². The first-order valence-electron chi connectivity index (χ1n) is 13.3. The van der Waals surface area contributed by atoms with Gasteiger partial charge in [0.25, 0.3) is 5.91 Å². The molecular formula is C29H29N5O4. The molecule has 7 rings (SSSR count). The van der Waals surface area contributed by atoms with Crippen molar-refractivity contribution >= 4 is 17.7 Å². The predicted octanol–water partition coefficient (Wildman–Crippen LogP) is 2.56. The van der Waals surface area contributed by atoms with Crippen LogP contribution in [0.3, 0.4) is 0 Å². The number of imide groups is 1. The highest BCUT2D eigenvalue weighted by molar-refractivity contribution is 6.05. The van der Waals surface area contributed by atoms with Crippen molar-refractivity contribution < 1.29 is 19.1 Å². The van der Waals surface area contributed by atoms with Crippen molar-refractivity contribution in [2.45, 2.75) is 50.2 Å². The van der Waals surface area contributed by atoms with Gasteiger partial charge in [0.2, 0.25) is 11.8 Å². The van der Waals surface area contributed by atoms with Crippen LogP contribution in [0.4, 0.5) is 0 Å². The summed E-state index contributed by atoms with van der Waals surface area (Å²) in [6.45, 7) is 3.85. The van der Waals surface area contributed by atoms with E-state index in [9.17, 15) is 14.4 Å². The van der Waals surface area contributed by atoms with Gasteiger partial charge in [0.05, 0.1) is 12.3 Å². The average Bonchev–Trinajstić information content (AvgIpc) is 3.65. The molecule has 4 aliphatic heterocycles. The van der Waals surface area contributed by atoms with Gasteiger partial charge in [-0.3, -0.25) is 24.6 Å². The molecule has 1 spiro atoms. The Hall–Kier alpha value is -3.98. The van der Waals surface area contributed by atoms with Gasteiger partial charge >= 0.3 is 0 Å². The van der Waals surface area contributed by atoms with E-state index in [4.69, 9.17) is 4.74 Å². The van der Waals surface area contributed by atoms with Crippen molar-refractivity contribution in [3.8, 4) is 11.4 Å². The number of benzene rings is 2. The largest absolute Gasteiger partial charge is 0.492 e. The predicted molar refractivity (Wildman–Crippen MR) is 138 cm³/mol. The number of hydrogen-bond donors (Lipinski definition) is 1. The number of ether oxygens (including phenoxy) is 1. The normalized spacial score (nSPS) is 22.4. The summed E-state index contributed by atoms with van der Waals surface area (Å²) in [4.78, 5) is 41.3. The molecule has 194 valence electrons. The molecule has 5 heterocycles. The van der Waals surface area contributed by atoms with Gasteiger partial charge in [-0.25, -0.2) is 4.68 Å². The van der Waals surface area contributed by atoms with E-state index in [1.807, 2.05) is 23.0 Å². The number of carbonyl (C=O) groups excluding carboxylic acids is 3. The van der Waals surface area contributed by atoms with E-state index in [-0.39, 0.29) is 29.6 Å². The molecule has 2 fully saturated rings. The van der Waals surface area contributed by atoms with Crippen molar-refractivity contribution in [3.05, 3.63) is 77.1 Å². The van der Waals surface area contributed by atoms with E-state index in [0.717, 1.165) is 49.5 Å². The Balaban J connectivity index is 1.06. The average molecular weight is 512 g/mol. The zero-order valence-corrected chi connectivity index (χ0v) is 21.1. The monoisotopic (exact) mass is 511 g/mol. The van der Waals surface area contributed by atoms with Gasteiger partial charge in [0.15, 0.2) is 0 Å². The topological polar surface area (TPSA) is 96.8 Å². The Bertz CT molecular complexity index is 1440. The highest BCUT2D eigenvalue weighted by atomic mass is 16.5. The molecule has 0 saturated carbocycles. The maximum atomic E-state index is 13.2.